The number of hydrogen-bond acceptors (Lipinski definition) is 2. The fourth-order valence-corrected chi connectivity index (χ4v) is 3.81. The van der Waals surface area contributed by atoms with Crippen molar-refractivity contribution in [3.63, 3.8) is 0 Å². The van der Waals surface area contributed by atoms with Crippen molar-refractivity contribution in [3.05, 3.63) is 0 Å². The smallest absolute Gasteiger partial charge is 0.0805 e. The minimum Gasteiger partial charge on any atom is -0.388 e. The molecule has 4 atom stereocenters. The van der Waals surface area contributed by atoms with E-state index in [1.807, 2.05) is 6.92 Å². The summed E-state index contributed by atoms with van der Waals surface area (Å²) in [6.45, 7) is 11.0. The molecule has 2 nitrogen and oxygen atoms in total. The lowest BCUT2D eigenvalue weighted by molar-refractivity contribution is -0.210. The van der Waals surface area contributed by atoms with Gasteiger partial charge in [0, 0.05) is 12.1 Å². The summed E-state index contributed by atoms with van der Waals surface area (Å²) >= 11 is 0. The van der Waals surface area contributed by atoms with Crippen LogP contribution in [-0.4, -0.2) is 22.8 Å². The van der Waals surface area contributed by atoms with Gasteiger partial charge in [-0.05, 0) is 37.0 Å². The summed E-state index contributed by atoms with van der Waals surface area (Å²) in [5, 5.41) is 14.2. The maximum Gasteiger partial charge on any atom is 0.0805 e. The Balaban J connectivity index is 2.14. The van der Waals surface area contributed by atoms with Gasteiger partial charge in [-0.15, -0.1) is 0 Å². The van der Waals surface area contributed by atoms with Gasteiger partial charge in [0.2, 0.25) is 0 Å². The average molecular weight is 211 g/mol. The topological polar surface area (TPSA) is 32.3 Å². The molecule has 88 valence electrons. The third kappa shape index (κ3) is 1.53. The van der Waals surface area contributed by atoms with Crippen LogP contribution >= 0.6 is 0 Å². The van der Waals surface area contributed by atoms with E-state index in [4.69, 9.17) is 0 Å². The molecule has 0 aromatic rings. The number of fused-ring (bicyclic) bond motifs is 2. The predicted octanol–water partition coefficient (Wildman–Crippen LogP) is 2.17. The summed E-state index contributed by atoms with van der Waals surface area (Å²) in [7, 11) is 0. The molecule has 0 aliphatic heterocycles. The second-order valence-electron chi connectivity index (χ2n) is 6.64. The first kappa shape index (κ1) is 11.4. The Hall–Kier alpha value is -0.0800. The highest BCUT2D eigenvalue weighted by atomic mass is 16.3. The lowest BCUT2D eigenvalue weighted by Crippen LogP contribution is -2.70. The zero-order valence-corrected chi connectivity index (χ0v) is 10.7. The van der Waals surface area contributed by atoms with Crippen LogP contribution in [0.25, 0.3) is 0 Å². The van der Waals surface area contributed by atoms with E-state index in [0.29, 0.717) is 17.4 Å². The molecule has 0 unspecified atom stereocenters. The quantitative estimate of drug-likeness (QED) is 0.733. The molecular formula is C13H25NO. The van der Waals surface area contributed by atoms with Crippen LogP contribution in [0.5, 0.6) is 0 Å². The van der Waals surface area contributed by atoms with Crippen molar-refractivity contribution in [1.29, 1.82) is 0 Å². The van der Waals surface area contributed by atoms with Crippen molar-refractivity contribution < 1.29 is 5.11 Å². The first-order valence-corrected chi connectivity index (χ1v) is 6.24. The first-order valence-electron chi connectivity index (χ1n) is 6.24. The SMILES string of the molecule is CC(C)N[C@@H]1C[C@H]2C[C@H](C2(C)C)[C@@]1(C)O. The molecule has 2 bridgehead atoms. The van der Waals surface area contributed by atoms with E-state index in [1.165, 1.54) is 6.42 Å². The summed E-state index contributed by atoms with van der Waals surface area (Å²) in [6.07, 6.45) is 2.35. The van der Waals surface area contributed by atoms with Crippen LogP contribution < -0.4 is 5.32 Å². The normalized spacial score (nSPS) is 47.8. The van der Waals surface area contributed by atoms with Gasteiger partial charge in [0.1, 0.15) is 0 Å². The summed E-state index contributed by atoms with van der Waals surface area (Å²) in [4.78, 5) is 0. The van der Waals surface area contributed by atoms with Crippen molar-refractivity contribution in [2.24, 2.45) is 17.3 Å². The summed E-state index contributed by atoms with van der Waals surface area (Å²) in [5.41, 5.74) is -0.179. The maximum absolute atomic E-state index is 10.7. The summed E-state index contributed by atoms with van der Waals surface area (Å²) < 4.78 is 0. The van der Waals surface area contributed by atoms with Gasteiger partial charge in [-0.2, -0.15) is 0 Å². The Kier molecular flexibility index (Phi) is 2.44. The molecule has 0 amide bonds. The number of aliphatic hydroxyl groups is 1. The van der Waals surface area contributed by atoms with Crippen LogP contribution in [-0.2, 0) is 0 Å². The van der Waals surface area contributed by atoms with Crippen LogP contribution in [0.2, 0.25) is 0 Å². The Morgan fingerprint density at radius 3 is 2.20 bits per heavy atom. The Morgan fingerprint density at radius 2 is 1.80 bits per heavy atom. The molecule has 3 rings (SSSR count). The van der Waals surface area contributed by atoms with Gasteiger partial charge in [-0.3, -0.25) is 0 Å². The molecule has 0 spiro atoms. The van der Waals surface area contributed by atoms with Gasteiger partial charge < -0.3 is 10.4 Å². The van der Waals surface area contributed by atoms with E-state index < -0.39 is 5.60 Å². The van der Waals surface area contributed by atoms with Crippen LogP contribution in [0, 0.1) is 17.3 Å². The minimum atomic E-state index is -0.525. The van der Waals surface area contributed by atoms with Gasteiger partial charge in [-0.1, -0.05) is 27.7 Å². The molecule has 0 aromatic carbocycles. The summed E-state index contributed by atoms with van der Waals surface area (Å²) in [5.74, 6) is 1.28. The highest BCUT2D eigenvalue weighted by molar-refractivity contribution is 5.14. The molecule has 0 radical (unpaired) electrons. The minimum absolute atomic E-state index is 0.286. The summed E-state index contributed by atoms with van der Waals surface area (Å²) in [6, 6.07) is 0.747. The fraction of sp³-hybridized carbons (Fsp3) is 1.00. The van der Waals surface area contributed by atoms with Crippen molar-refractivity contribution in [2.45, 2.75) is 65.1 Å². The number of nitrogens with one attached hydrogen (secondary N) is 1. The molecular weight excluding hydrogens is 186 g/mol. The van der Waals surface area contributed by atoms with Crippen molar-refractivity contribution in [3.8, 4) is 0 Å². The highest BCUT2D eigenvalue weighted by Crippen LogP contribution is 2.62. The van der Waals surface area contributed by atoms with Crippen molar-refractivity contribution in [1.82, 2.24) is 5.32 Å². The number of hydrogen-bond donors (Lipinski definition) is 2. The third-order valence-corrected chi connectivity index (χ3v) is 4.94. The average Bonchev–Trinajstić information content (AvgIpc) is 2.06. The Morgan fingerprint density at radius 1 is 1.20 bits per heavy atom. The van der Waals surface area contributed by atoms with Crippen LogP contribution in [0.1, 0.15) is 47.5 Å². The zero-order valence-electron chi connectivity index (χ0n) is 10.7. The monoisotopic (exact) mass is 211 g/mol. The maximum atomic E-state index is 10.7. The molecule has 3 saturated carbocycles. The standard InChI is InChI=1S/C13H25NO/c1-8(2)14-11-7-9-6-10(12(9,3)4)13(11,5)15/h8-11,14-15H,6-7H2,1-5H3/t9-,10-,11-,13-/m1/s1. The zero-order chi connectivity index (χ0) is 11.4. The van der Waals surface area contributed by atoms with Crippen molar-refractivity contribution >= 4 is 0 Å². The lowest BCUT2D eigenvalue weighted by atomic mass is 9.43. The highest BCUT2D eigenvalue weighted by Gasteiger charge is 2.62. The lowest BCUT2D eigenvalue weighted by Gasteiger charge is -2.65. The Bertz CT molecular complexity index is 257. The largest absolute Gasteiger partial charge is 0.388 e. The van der Waals surface area contributed by atoms with Gasteiger partial charge in [0.25, 0.3) is 0 Å². The fourth-order valence-electron chi connectivity index (χ4n) is 3.81. The molecule has 0 saturated heterocycles. The Labute approximate surface area is 93.5 Å². The van der Waals surface area contributed by atoms with E-state index in [9.17, 15) is 5.11 Å². The number of rotatable bonds is 2. The molecule has 2 N–H and O–H groups in total. The first-order chi connectivity index (χ1) is 6.76. The van der Waals surface area contributed by atoms with Gasteiger partial charge in [0.05, 0.1) is 5.60 Å². The molecule has 15 heavy (non-hydrogen) atoms. The molecule has 2 heteroatoms. The predicted molar refractivity (Wildman–Crippen MR) is 62.7 cm³/mol. The molecule has 0 heterocycles. The van der Waals surface area contributed by atoms with Crippen LogP contribution in [0.4, 0.5) is 0 Å². The van der Waals surface area contributed by atoms with Gasteiger partial charge in [-0.25, -0.2) is 0 Å². The van der Waals surface area contributed by atoms with Gasteiger partial charge in [0.15, 0.2) is 0 Å². The van der Waals surface area contributed by atoms with E-state index in [1.54, 1.807) is 0 Å². The third-order valence-electron chi connectivity index (χ3n) is 4.94. The molecule has 0 aromatic heterocycles. The van der Waals surface area contributed by atoms with E-state index in [0.717, 1.165) is 12.3 Å². The molecule has 3 fully saturated rings. The van der Waals surface area contributed by atoms with Crippen molar-refractivity contribution in [2.75, 3.05) is 0 Å². The van der Waals surface area contributed by atoms with E-state index in [-0.39, 0.29) is 6.04 Å². The van der Waals surface area contributed by atoms with Gasteiger partial charge >= 0.3 is 0 Å². The van der Waals surface area contributed by atoms with Crippen LogP contribution in [0.15, 0.2) is 0 Å². The second kappa shape index (κ2) is 3.21. The molecule has 3 aliphatic carbocycles. The van der Waals surface area contributed by atoms with Crippen LogP contribution in [0.3, 0.4) is 0 Å². The second-order valence-corrected chi connectivity index (χ2v) is 6.64. The van der Waals surface area contributed by atoms with E-state index >= 15 is 0 Å². The van der Waals surface area contributed by atoms with E-state index in [2.05, 4.69) is 33.0 Å². The molecule has 3 aliphatic rings.